The number of aromatic nitrogens is 1. The number of alkyl halides is 1. The molecule has 1 aromatic carbocycles. The van der Waals surface area contributed by atoms with Crippen LogP contribution in [0.2, 0.25) is 0 Å². The normalized spacial score (nSPS) is 10.8. The van der Waals surface area contributed by atoms with Crippen molar-refractivity contribution in [1.29, 1.82) is 0 Å². The first-order valence-corrected chi connectivity index (χ1v) is 6.58. The minimum atomic E-state index is -0.276. The highest BCUT2D eigenvalue weighted by Crippen LogP contribution is 2.26. The summed E-state index contributed by atoms with van der Waals surface area (Å²) in [7, 11) is 0. The molecular weight excluding hydrogens is 285 g/mol. The van der Waals surface area contributed by atoms with Crippen LogP contribution in [0.5, 0.6) is 5.75 Å². The molecule has 0 unspecified atom stereocenters. The number of rotatable bonds is 4. The highest BCUT2D eigenvalue weighted by atomic mass is 79.9. The van der Waals surface area contributed by atoms with E-state index in [1.807, 2.05) is 13.0 Å². The first-order chi connectivity index (χ1) is 8.20. The molecule has 17 heavy (non-hydrogen) atoms. The van der Waals surface area contributed by atoms with Gasteiger partial charge in [0.05, 0.1) is 12.1 Å². The van der Waals surface area contributed by atoms with E-state index in [4.69, 9.17) is 4.74 Å². The van der Waals surface area contributed by atoms with Crippen molar-refractivity contribution in [3.05, 3.63) is 35.8 Å². The molecule has 1 heterocycles. The molecule has 0 saturated heterocycles. The van der Waals surface area contributed by atoms with Crippen LogP contribution in [0.4, 0.5) is 4.39 Å². The van der Waals surface area contributed by atoms with Crippen LogP contribution in [0.15, 0.2) is 24.3 Å². The number of pyridine rings is 1. The Morgan fingerprint density at radius 2 is 2.18 bits per heavy atom. The Labute approximate surface area is 108 Å². The van der Waals surface area contributed by atoms with Crippen LogP contribution in [0, 0.1) is 12.7 Å². The second kappa shape index (κ2) is 5.45. The summed E-state index contributed by atoms with van der Waals surface area (Å²) in [6, 6.07) is 6.45. The lowest BCUT2D eigenvalue weighted by Gasteiger charge is -2.09. The Hall–Kier alpha value is -1.16. The van der Waals surface area contributed by atoms with Crippen LogP contribution in [0.1, 0.15) is 12.1 Å². The molecular formula is C13H13BrFNO. The maximum absolute atomic E-state index is 13.1. The maximum Gasteiger partial charge on any atom is 0.130 e. The molecule has 0 aliphatic carbocycles. The number of hydrogen-bond acceptors (Lipinski definition) is 2. The SMILES string of the molecule is Cc1cc(OCCCBr)c2ccc(F)cc2n1. The number of nitrogens with zero attached hydrogens (tertiary/aromatic N) is 1. The number of ether oxygens (including phenoxy) is 1. The van der Waals surface area contributed by atoms with Gasteiger partial charge in [0.25, 0.3) is 0 Å². The molecule has 0 aliphatic rings. The van der Waals surface area contributed by atoms with E-state index in [-0.39, 0.29) is 5.82 Å². The zero-order chi connectivity index (χ0) is 12.3. The zero-order valence-electron chi connectivity index (χ0n) is 9.54. The zero-order valence-corrected chi connectivity index (χ0v) is 11.1. The Morgan fingerprint density at radius 3 is 2.94 bits per heavy atom. The molecule has 0 atom stereocenters. The largest absolute Gasteiger partial charge is 0.493 e. The smallest absolute Gasteiger partial charge is 0.130 e. The molecule has 0 fully saturated rings. The van der Waals surface area contributed by atoms with Crippen molar-refractivity contribution in [3.8, 4) is 5.75 Å². The van der Waals surface area contributed by atoms with Crippen LogP contribution in [-0.2, 0) is 0 Å². The molecule has 90 valence electrons. The molecule has 0 saturated carbocycles. The van der Waals surface area contributed by atoms with E-state index in [1.54, 1.807) is 6.07 Å². The predicted octanol–water partition coefficient (Wildman–Crippen LogP) is 3.85. The van der Waals surface area contributed by atoms with Crippen LogP contribution in [0.25, 0.3) is 10.9 Å². The van der Waals surface area contributed by atoms with E-state index in [0.29, 0.717) is 12.1 Å². The van der Waals surface area contributed by atoms with Gasteiger partial charge >= 0.3 is 0 Å². The molecule has 0 aliphatic heterocycles. The number of benzene rings is 1. The average molecular weight is 298 g/mol. The lowest BCUT2D eigenvalue weighted by molar-refractivity contribution is 0.322. The van der Waals surface area contributed by atoms with Gasteiger partial charge in [-0.1, -0.05) is 15.9 Å². The van der Waals surface area contributed by atoms with Crippen LogP contribution >= 0.6 is 15.9 Å². The van der Waals surface area contributed by atoms with E-state index in [2.05, 4.69) is 20.9 Å². The standard InChI is InChI=1S/C13H13BrFNO/c1-9-7-13(17-6-2-5-14)11-4-3-10(15)8-12(11)16-9/h3-4,7-8H,2,5-6H2,1H3. The third-order valence-electron chi connectivity index (χ3n) is 2.40. The summed E-state index contributed by atoms with van der Waals surface area (Å²) < 4.78 is 18.8. The first-order valence-electron chi connectivity index (χ1n) is 5.46. The van der Waals surface area contributed by atoms with Crippen molar-refractivity contribution in [2.24, 2.45) is 0 Å². The molecule has 0 spiro atoms. The lowest BCUT2D eigenvalue weighted by atomic mass is 10.2. The molecule has 1 aromatic heterocycles. The van der Waals surface area contributed by atoms with E-state index >= 15 is 0 Å². The number of aryl methyl sites for hydroxylation is 1. The summed E-state index contributed by atoms with van der Waals surface area (Å²) in [5, 5.41) is 1.76. The summed E-state index contributed by atoms with van der Waals surface area (Å²) >= 11 is 3.35. The van der Waals surface area contributed by atoms with Gasteiger partial charge in [-0.2, -0.15) is 0 Å². The predicted molar refractivity (Wildman–Crippen MR) is 70.3 cm³/mol. The van der Waals surface area contributed by atoms with E-state index in [0.717, 1.165) is 28.6 Å². The average Bonchev–Trinajstić information content (AvgIpc) is 2.28. The van der Waals surface area contributed by atoms with Gasteiger partial charge in [0.15, 0.2) is 0 Å². The third-order valence-corrected chi connectivity index (χ3v) is 2.96. The highest BCUT2D eigenvalue weighted by molar-refractivity contribution is 9.09. The molecule has 2 nitrogen and oxygen atoms in total. The van der Waals surface area contributed by atoms with E-state index in [9.17, 15) is 4.39 Å². The minimum Gasteiger partial charge on any atom is -0.493 e. The van der Waals surface area contributed by atoms with Gasteiger partial charge in [0.2, 0.25) is 0 Å². The Morgan fingerprint density at radius 1 is 1.35 bits per heavy atom. The van der Waals surface area contributed by atoms with Gasteiger partial charge in [-0.15, -0.1) is 0 Å². The molecule has 0 N–H and O–H groups in total. The van der Waals surface area contributed by atoms with E-state index < -0.39 is 0 Å². The number of fused-ring (bicyclic) bond motifs is 1. The fourth-order valence-corrected chi connectivity index (χ4v) is 1.88. The molecule has 4 heteroatoms. The summed E-state index contributed by atoms with van der Waals surface area (Å²) in [5.74, 6) is 0.496. The third kappa shape index (κ3) is 2.94. The second-order valence-electron chi connectivity index (χ2n) is 3.81. The van der Waals surface area contributed by atoms with Crippen molar-refractivity contribution in [2.45, 2.75) is 13.3 Å². The van der Waals surface area contributed by atoms with E-state index in [1.165, 1.54) is 12.1 Å². The maximum atomic E-state index is 13.1. The quantitative estimate of drug-likeness (QED) is 0.632. The molecule has 0 bridgehead atoms. The van der Waals surface area contributed by atoms with Crippen molar-refractivity contribution in [3.63, 3.8) is 0 Å². The number of hydrogen-bond donors (Lipinski definition) is 0. The van der Waals surface area contributed by atoms with Crippen molar-refractivity contribution < 1.29 is 9.13 Å². The molecule has 2 aromatic rings. The summed E-state index contributed by atoms with van der Waals surface area (Å²) in [4.78, 5) is 4.30. The Bertz CT molecular complexity index is 525. The van der Waals surface area contributed by atoms with Crippen LogP contribution < -0.4 is 4.74 Å². The van der Waals surface area contributed by atoms with Crippen LogP contribution in [0.3, 0.4) is 0 Å². The highest BCUT2D eigenvalue weighted by Gasteiger charge is 2.06. The first kappa shape index (κ1) is 12.3. The van der Waals surface area contributed by atoms with Crippen molar-refractivity contribution in [2.75, 3.05) is 11.9 Å². The summed E-state index contributed by atoms with van der Waals surface area (Å²) in [6.07, 6.45) is 0.935. The fraction of sp³-hybridized carbons (Fsp3) is 0.308. The molecule has 0 radical (unpaired) electrons. The minimum absolute atomic E-state index is 0.276. The fourth-order valence-electron chi connectivity index (χ4n) is 1.65. The number of halogens is 2. The van der Waals surface area contributed by atoms with Crippen molar-refractivity contribution >= 4 is 26.8 Å². The summed E-state index contributed by atoms with van der Waals surface area (Å²) in [5.41, 5.74) is 1.47. The second-order valence-corrected chi connectivity index (χ2v) is 4.61. The topological polar surface area (TPSA) is 22.1 Å². The van der Waals surface area contributed by atoms with Gasteiger partial charge in [-0.05, 0) is 25.5 Å². The van der Waals surface area contributed by atoms with Gasteiger partial charge in [-0.25, -0.2) is 4.39 Å². The van der Waals surface area contributed by atoms with Gasteiger partial charge in [0.1, 0.15) is 11.6 Å². The van der Waals surface area contributed by atoms with Gasteiger partial charge in [0, 0.05) is 28.5 Å². The molecule has 2 rings (SSSR count). The summed E-state index contributed by atoms with van der Waals surface area (Å²) in [6.45, 7) is 2.52. The van der Waals surface area contributed by atoms with Gasteiger partial charge < -0.3 is 4.74 Å². The Balaban J connectivity index is 2.39. The monoisotopic (exact) mass is 297 g/mol. The Kier molecular flexibility index (Phi) is 3.94. The van der Waals surface area contributed by atoms with Crippen LogP contribution in [-0.4, -0.2) is 16.9 Å². The lowest BCUT2D eigenvalue weighted by Crippen LogP contribution is -1.99. The van der Waals surface area contributed by atoms with Gasteiger partial charge in [-0.3, -0.25) is 4.98 Å². The van der Waals surface area contributed by atoms with Crippen molar-refractivity contribution in [1.82, 2.24) is 4.98 Å². The molecule has 0 amide bonds.